The molecule has 4 nitrogen and oxygen atoms in total. The number of benzene rings is 1. The zero-order valence-corrected chi connectivity index (χ0v) is 14.6. The Balaban J connectivity index is 1.58. The molecule has 1 aliphatic heterocycles. The largest absolute Gasteiger partial charge is 0.416 e. The van der Waals surface area contributed by atoms with Gasteiger partial charge >= 0.3 is 6.18 Å². The number of carbonyl (C=O) groups excluding carboxylic acids is 1. The molecule has 1 heterocycles. The van der Waals surface area contributed by atoms with Crippen molar-refractivity contribution in [2.24, 2.45) is 11.8 Å². The van der Waals surface area contributed by atoms with E-state index >= 15 is 0 Å². The highest BCUT2D eigenvalue weighted by atomic mass is 19.4. The van der Waals surface area contributed by atoms with Gasteiger partial charge in [0.25, 0.3) is 0 Å². The second-order valence-corrected chi connectivity index (χ2v) is 7.39. The summed E-state index contributed by atoms with van der Waals surface area (Å²) in [5, 5.41) is 13.4. The first-order valence-corrected chi connectivity index (χ1v) is 9.19. The van der Waals surface area contributed by atoms with Crippen molar-refractivity contribution in [3.63, 3.8) is 0 Å². The third kappa shape index (κ3) is 4.98. The molecule has 1 aromatic rings. The number of aliphatic hydroxyl groups is 1. The first-order chi connectivity index (χ1) is 12.3. The highest BCUT2D eigenvalue weighted by Gasteiger charge is 2.35. The lowest BCUT2D eigenvalue weighted by Crippen LogP contribution is -2.44. The van der Waals surface area contributed by atoms with Gasteiger partial charge in [-0.15, -0.1) is 0 Å². The third-order valence-electron chi connectivity index (χ3n) is 5.19. The molecule has 1 aliphatic carbocycles. The predicted molar refractivity (Wildman–Crippen MR) is 91.3 cm³/mol. The number of hydrogen-bond donors (Lipinski definition) is 2. The minimum atomic E-state index is -4.50. The number of amides is 1. The second-order valence-electron chi connectivity index (χ2n) is 7.39. The fourth-order valence-corrected chi connectivity index (χ4v) is 3.54. The van der Waals surface area contributed by atoms with Crippen LogP contribution in [-0.2, 0) is 11.0 Å². The van der Waals surface area contributed by atoms with Crippen LogP contribution in [0.4, 0.5) is 13.2 Å². The molecule has 26 heavy (non-hydrogen) atoms. The van der Waals surface area contributed by atoms with Crippen LogP contribution in [0.3, 0.4) is 0 Å². The summed E-state index contributed by atoms with van der Waals surface area (Å²) in [6.45, 7) is 1.97. The normalized spacial score (nSPS) is 22.8. The molecule has 1 saturated carbocycles. The maximum atomic E-state index is 13.1. The molecule has 1 aromatic carbocycles. The molecule has 2 fully saturated rings. The fourth-order valence-electron chi connectivity index (χ4n) is 3.54. The van der Waals surface area contributed by atoms with Gasteiger partial charge in [0, 0.05) is 19.6 Å². The van der Waals surface area contributed by atoms with Crippen molar-refractivity contribution < 1.29 is 23.1 Å². The third-order valence-corrected chi connectivity index (χ3v) is 5.19. The Morgan fingerprint density at radius 2 is 2.00 bits per heavy atom. The summed E-state index contributed by atoms with van der Waals surface area (Å²) in [6.07, 6.45) is -1.81. The summed E-state index contributed by atoms with van der Waals surface area (Å²) in [4.78, 5) is 14.2. The highest BCUT2D eigenvalue weighted by Crippen LogP contribution is 2.35. The monoisotopic (exact) mass is 370 g/mol. The lowest BCUT2D eigenvalue weighted by Gasteiger charge is -2.33. The number of likely N-dealkylation sites (tertiary alicyclic amines) is 1. The van der Waals surface area contributed by atoms with Gasteiger partial charge in [0.2, 0.25) is 5.91 Å². The summed E-state index contributed by atoms with van der Waals surface area (Å²) in [5.41, 5.74) is -0.913. The number of piperidine rings is 1. The molecule has 0 bridgehead atoms. The van der Waals surface area contributed by atoms with Gasteiger partial charge in [-0.3, -0.25) is 9.69 Å². The molecule has 144 valence electrons. The van der Waals surface area contributed by atoms with Gasteiger partial charge in [0.05, 0.1) is 17.6 Å². The first kappa shape index (κ1) is 19.2. The molecule has 3 rings (SSSR count). The van der Waals surface area contributed by atoms with Crippen molar-refractivity contribution in [3.05, 3.63) is 35.4 Å². The minimum Gasteiger partial charge on any atom is -0.387 e. The van der Waals surface area contributed by atoms with E-state index in [1.54, 1.807) is 0 Å². The van der Waals surface area contributed by atoms with Crippen molar-refractivity contribution in [3.8, 4) is 0 Å². The number of halogens is 3. The van der Waals surface area contributed by atoms with E-state index in [-0.39, 0.29) is 23.9 Å². The van der Waals surface area contributed by atoms with Gasteiger partial charge in [-0.1, -0.05) is 18.2 Å². The molecule has 0 unspecified atom stereocenters. The quantitative estimate of drug-likeness (QED) is 0.810. The van der Waals surface area contributed by atoms with Gasteiger partial charge in [-0.2, -0.15) is 13.2 Å². The van der Waals surface area contributed by atoms with Gasteiger partial charge in [-0.05, 0) is 49.8 Å². The maximum Gasteiger partial charge on any atom is 0.416 e. The van der Waals surface area contributed by atoms with Crippen LogP contribution >= 0.6 is 0 Å². The van der Waals surface area contributed by atoms with Crippen molar-refractivity contribution in [2.45, 2.75) is 38.0 Å². The van der Waals surface area contributed by atoms with Crippen molar-refractivity contribution in [2.75, 3.05) is 26.2 Å². The van der Waals surface area contributed by atoms with Crippen molar-refractivity contribution in [1.29, 1.82) is 0 Å². The summed E-state index contributed by atoms with van der Waals surface area (Å²) < 4.78 is 39.4. The van der Waals surface area contributed by atoms with Crippen LogP contribution in [0.15, 0.2) is 24.3 Å². The highest BCUT2D eigenvalue weighted by molar-refractivity contribution is 5.79. The van der Waals surface area contributed by atoms with Crippen molar-refractivity contribution in [1.82, 2.24) is 10.2 Å². The molecule has 2 atom stereocenters. The summed E-state index contributed by atoms with van der Waals surface area (Å²) >= 11 is 0. The van der Waals surface area contributed by atoms with Crippen LogP contribution in [-0.4, -0.2) is 42.1 Å². The predicted octanol–water partition coefficient (Wildman–Crippen LogP) is 2.98. The van der Waals surface area contributed by atoms with Crippen molar-refractivity contribution >= 4 is 5.91 Å². The Hall–Kier alpha value is -1.60. The Morgan fingerprint density at radius 3 is 2.69 bits per heavy atom. The molecule has 0 radical (unpaired) electrons. The van der Waals surface area contributed by atoms with Crippen LogP contribution in [0.1, 0.15) is 42.9 Å². The second kappa shape index (κ2) is 7.96. The lowest BCUT2D eigenvalue weighted by atomic mass is 9.95. The van der Waals surface area contributed by atoms with Gasteiger partial charge < -0.3 is 10.4 Å². The van der Waals surface area contributed by atoms with Crippen LogP contribution in [0.25, 0.3) is 0 Å². The van der Waals surface area contributed by atoms with E-state index in [0.717, 1.165) is 25.5 Å². The van der Waals surface area contributed by atoms with E-state index in [0.29, 0.717) is 19.0 Å². The molecular weight excluding hydrogens is 345 g/mol. The Kier molecular flexibility index (Phi) is 5.87. The number of rotatable bonds is 6. The van der Waals surface area contributed by atoms with E-state index in [2.05, 4.69) is 5.32 Å². The minimum absolute atomic E-state index is 0.0202. The topological polar surface area (TPSA) is 52.6 Å². The molecule has 2 N–H and O–H groups in total. The number of aliphatic hydroxyl groups excluding tert-OH is 1. The number of carbonyl (C=O) groups is 1. The van der Waals surface area contributed by atoms with Gasteiger partial charge in [-0.25, -0.2) is 0 Å². The van der Waals surface area contributed by atoms with Gasteiger partial charge in [0.15, 0.2) is 0 Å². The van der Waals surface area contributed by atoms with Gasteiger partial charge in [0.1, 0.15) is 0 Å². The SMILES string of the molecule is O=C(NCC1CC1)[C@H]1CCCN(C[C@H](O)c2ccccc2C(F)(F)F)C1. The Bertz CT molecular complexity index is 631. The summed E-state index contributed by atoms with van der Waals surface area (Å²) in [6, 6.07) is 5.12. The summed E-state index contributed by atoms with van der Waals surface area (Å²) in [7, 11) is 0. The smallest absolute Gasteiger partial charge is 0.387 e. The number of β-amino-alcohol motifs (C(OH)–C–C–N with tert-alkyl or cyclic N) is 1. The average molecular weight is 370 g/mol. The zero-order valence-electron chi connectivity index (χ0n) is 14.6. The van der Waals surface area contributed by atoms with E-state index in [9.17, 15) is 23.1 Å². The Labute approximate surface area is 151 Å². The molecule has 1 amide bonds. The van der Waals surface area contributed by atoms with Crippen LogP contribution in [0.5, 0.6) is 0 Å². The van der Waals surface area contributed by atoms with E-state index < -0.39 is 17.8 Å². The van der Waals surface area contributed by atoms with E-state index in [1.165, 1.54) is 31.0 Å². The molecule has 2 aliphatic rings. The van der Waals surface area contributed by atoms with Crippen LogP contribution in [0, 0.1) is 11.8 Å². The van der Waals surface area contributed by atoms with Crippen LogP contribution < -0.4 is 5.32 Å². The fraction of sp³-hybridized carbons (Fsp3) is 0.632. The molecular formula is C19H25F3N2O2. The standard InChI is InChI=1S/C19H25F3N2O2/c20-19(21,22)16-6-2-1-5-15(16)17(25)12-24-9-3-4-14(11-24)18(26)23-10-13-7-8-13/h1-2,5-6,13-14,17,25H,3-4,7-12H2,(H,23,26)/t14-,17-/m0/s1. The number of nitrogens with one attached hydrogen (secondary N) is 1. The Morgan fingerprint density at radius 1 is 1.27 bits per heavy atom. The summed E-state index contributed by atoms with van der Waals surface area (Å²) in [5.74, 6) is 0.471. The lowest BCUT2D eigenvalue weighted by molar-refractivity contribution is -0.139. The molecule has 0 aromatic heterocycles. The van der Waals surface area contributed by atoms with Crippen LogP contribution in [0.2, 0.25) is 0 Å². The number of nitrogens with zero attached hydrogens (tertiary/aromatic N) is 1. The molecule has 0 spiro atoms. The van der Waals surface area contributed by atoms with E-state index in [1.807, 2.05) is 4.90 Å². The zero-order chi connectivity index (χ0) is 18.7. The maximum absolute atomic E-state index is 13.1. The number of alkyl halides is 3. The van der Waals surface area contributed by atoms with E-state index in [4.69, 9.17) is 0 Å². The number of hydrogen-bond acceptors (Lipinski definition) is 3. The molecule has 1 saturated heterocycles. The first-order valence-electron chi connectivity index (χ1n) is 9.19. The molecule has 7 heteroatoms. The average Bonchev–Trinajstić information content (AvgIpc) is 3.43.